The maximum Gasteiger partial charge on any atom is 0.0178 e. The molecule has 1 aromatic rings. The molecule has 0 aliphatic heterocycles. The van der Waals surface area contributed by atoms with Crippen LogP contribution in [0.4, 0.5) is 0 Å². The van der Waals surface area contributed by atoms with Crippen molar-refractivity contribution in [2.24, 2.45) is 10.8 Å². The summed E-state index contributed by atoms with van der Waals surface area (Å²) in [5.41, 5.74) is 4.98. The molecule has 0 amide bonds. The minimum Gasteiger partial charge on any atom is -0.0573 e. The normalized spacial score (nSPS) is 48.5. The summed E-state index contributed by atoms with van der Waals surface area (Å²) in [6.45, 7) is 0. The standard InChI is InChI=1S/C16H17Br/c17-11-1-2-12-13(5-11)10-3-4-15(6-10)8-16(9-15)7-14(12)16/h1-2,5,10,14H,3-4,6-9H2. The highest BCUT2D eigenvalue weighted by atomic mass is 79.9. The Bertz CT molecular complexity index is 524. The summed E-state index contributed by atoms with van der Waals surface area (Å²) < 4.78 is 1.28. The van der Waals surface area contributed by atoms with E-state index in [0.29, 0.717) is 0 Å². The van der Waals surface area contributed by atoms with Crippen molar-refractivity contribution in [1.82, 2.24) is 0 Å². The van der Waals surface area contributed by atoms with Crippen molar-refractivity contribution >= 4 is 15.9 Å². The summed E-state index contributed by atoms with van der Waals surface area (Å²) >= 11 is 3.66. The molecule has 17 heavy (non-hydrogen) atoms. The van der Waals surface area contributed by atoms with Crippen LogP contribution in [0.1, 0.15) is 61.5 Å². The fourth-order valence-electron chi connectivity index (χ4n) is 5.63. The summed E-state index contributed by atoms with van der Waals surface area (Å²) in [5, 5.41) is 0. The van der Waals surface area contributed by atoms with Crippen LogP contribution in [0.5, 0.6) is 0 Å². The molecular weight excluding hydrogens is 272 g/mol. The molecule has 3 bridgehead atoms. The second kappa shape index (κ2) is 2.66. The van der Waals surface area contributed by atoms with E-state index in [9.17, 15) is 0 Å². The minimum atomic E-state index is 0.776. The lowest BCUT2D eigenvalue weighted by molar-refractivity contribution is 0.0344. The van der Waals surface area contributed by atoms with Gasteiger partial charge in [-0.1, -0.05) is 22.0 Å². The van der Waals surface area contributed by atoms with Crippen LogP contribution >= 0.6 is 15.9 Å². The highest BCUT2D eigenvalue weighted by molar-refractivity contribution is 9.10. The third kappa shape index (κ3) is 1.06. The predicted molar refractivity (Wildman–Crippen MR) is 72.2 cm³/mol. The van der Waals surface area contributed by atoms with Gasteiger partial charge in [0.2, 0.25) is 0 Å². The van der Waals surface area contributed by atoms with Gasteiger partial charge in [-0.2, -0.15) is 0 Å². The Kier molecular flexibility index (Phi) is 1.50. The van der Waals surface area contributed by atoms with E-state index in [1.165, 1.54) is 30.2 Å². The summed E-state index contributed by atoms with van der Waals surface area (Å²) in [6.07, 6.45) is 9.08. The Morgan fingerprint density at radius 2 is 2.00 bits per heavy atom. The van der Waals surface area contributed by atoms with Gasteiger partial charge in [0, 0.05) is 4.47 Å². The monoisotopic (exact) mass is 288 g/mol. The Labute approximate surface area is 111 Å². The van der Waals surface area contributed by atoms with Crippen LogP contribution in [0.3, 0.4) is 0 Å². The van der Waals surface area contributed by atoms with E-state index >= 15 is 0 Å². The summed E-state index contributed by atoms with van der Waals surface area (Å²) in [7, 11) is 0. The first kappa shape index (κ1) is 9.61. The van der Waals surface area contributed by atoms with Gasteiger partial charge in [-0.3, -0.25) is 0 Å². The van der Waals surface area contributed by atoms with Crippen molar-refractivity contribution < 1.29 is 0 Å². The van der Waals surface area contributed by atoms with E-state index in [1.54, 1.807) is 24.0 Å². The summed E-state index contributed by atoms with van der Waals surface area (Å²) in [4.78, 5) is 0. The zero-order valence-corrected chi connectivity index (χ0v) is 11.6. The second-order valence-electron chi connectivity index (χ2n) is 7.19. The van der Waals surface area contributed by atoms with E-state index < -0.39 is 0 Å². The second-order valence-corrected chi connectivity index (χ2v) is 8.10. The molecule has 0 N–H and O–H groups in total. The molecule has 0 radical (unpaired) electrons. The number of benzene rings is 1. The maximum atomic E-state index is 3.66. The van der Waals surface area contributed by atoms with Gasteiger partial charge in [0.05, 0.1) is 0 Å². The Morgan fingerprint density at radius 1 is 1.12 bits per heavy atom. The number of hydrogen-bond donors (Lipinski definition) is 0. The van der Waals surface area contributed by atoms with Crippen LogP contribution < -0.4 is 0 Å². The highest BCUT2D eigenvalue weighted by Gasteiger charge is 2.69. The van der Waals surface area contributed by atoms with E-state index in [-0.39, 0.29) is 0 Å². The van der Waals surface area contributed by atoms with Crippen molar-refractivity contribution in [2.45, 2.75) is 50.4 Å². The summed E-state index contributed by atoms with van der Waals surface area (Å²) in [5.74, 6) is 1.81. The predicted octanol–water partition coefficient (Wildman–Crippen LogP) is 4.98. The molecule has 6 rings (SSSR count). The van der Waals surface area contributed by atoms with Crippen LogP contribution in [-0.2, 0) is 0 Å². The van der Waals surface area contributed by atoms with E-state index in [4.69, 9.17) is 0 Å². The van der Waals surface area contributed by atoms with Crippen LogP contribution in [0.15, 0.2) is 22.7 Å². The largest absolute Gasteiger partial charge is 0.0573 e. The molecule has 88 valence electrons. The lowest BCUT2D eigenvalue weighted by Crippen LogP contribution is -2.38. The van der Waals surface area contributed by atoms with Gasteiger partial charge < -0.3 is 0 Å². The third-order valence-electron chi connectivity index (χ3n) is 6.21. The molecule has 1 heteroatoms. The molecule has 0 nitrogen and oxygen atoms in total. The van der Waals surface area contributed by atoms with Crippen LogP contribution in [0.25, 0.3) is 0 Å². The van der Waals surface area contributed by atoms with Gasteiger partial charge in [-0.05, 0) is 84.5 Å². The molecular formula is C16H17Br. The molecule has 2 atom stereocenters. The van der Waals surface area contributed by atoms with Crippen molar-refractivity contribution in [3.05, 3.63) is 33.8 Å². The maximum absolute atomic E-state index is 3.66. The van der Waals surface area contributed by atoms with Gasteiger partial charge >= 0.3 is 0 Å². The number of hydrogen-bond acceptors (Lipinski definition) is 0. The molecule has 0 aromatic heterocycles. The van der Waals surface area contributed by atoms with Crippen LogP contribution in [-0.4, -0.2) is 0 Å². The van der Waals surface area contributed by atoms with Crippen molar-refractivity contribution in [2.75, 3.05) is 0 Å². The lowest BCUT2D eigenvalue weighted by Gasteiger charge is -2.49. The zero-order chi connectivity index (χ0) is 11.3. The van der Waals surface area contributed by atoms with Gasteiger partial charge in [-0.25, -0.2) is 0 Å². The number of halogens is 1. The van der Waals surface area contributed by atoms with Crippen LogP contribution in [0, 0.1) is 10.8 Å². The molecule has 5 aliphatic carbocycles. The molecule has 1 aromatic carbocycles. The fourth-order valence-corrected chi connectivity index (χ4v) is 6.01. The fraction of sp³-hybridized carbons (Fsp3) is 0.625. The van der Waals surface area contributed by atoms with E-state index in [1.807, 2.05) is 0 Å². The average molecular weight is 289 g/mol. The van der Waals surface area contributed by atoms with Gasteiger partial charge in [0.15, 0.2) is 0 Å². The molecule has 0 saturated heterocycles. The average Bonchev–Trinajstić information content (AvgIpc) is 2.78. The topological polar surface area (TPSA) is 0 Å². The van der Waals surface area contributed by atoms with Gasteiger partial charge in [-0.15, -0.1) is 0 Å². The third-order valence-corrected chi connectivity index (χ3v) is 6.70. The van der Waals surface area contributed by atoms with Gasteiger partial charge in [0.25, 0.3) is 0 Å². The van der Waals surface area contributed by atoms with Crippen molar-refractivity contribution in [3.8, 4) is 0 Å². The minimum absolute atomic E-state index is 0.776. The lowest BCUT2D eigenvalue weighted by atomic mass is 9.56. The van der Waals surface area contributed by atoms with E-state index in [0.717, 1.165) is 22.7 Å². The Balaban J connectivity index is 1.74. The smallest absolute Gasteiger partial charge is 0.0178 e. The molecule has 3 fully saturated rings. The summed E-state index contributed by atoms with van der Waals surface area (Å²) in [6, 6.07) is 7.10. The first-order valence-corrected chi connectivity index (χ1v) is 7.79. The molecule has 2 unspecified atom stereocenters. The quantitative estimate of drug-likeness (QED) is 0.631. The van der Waals surface area contributed by atoms with Crippen molar-refractivity contribution in [3.63, 3.8) is 0 Å². The SMILES string of the molecule is Brc1ccc2c(c1)C1CCC3(C1)CC1(CC21)C3. The van der Waals surface area contributed by atoms with Crippen LogP contribution in [0.2, 0.25) is 0 Å². The molecule has 3 saturated carbocycles. The number of rotatable bonds is 0. The van der Waals surface area contributed by atoms with Crippen molar-refractivity contribution in [1.29, 1.82) is 0 Å². The molecule has 2 spiro atoms. The van der Waals surface area contributed by atoms with Gasteiger partial charge in [0.1, 0.15) is 0 Å². The Hall–Kier alpha value is -0.300. The molecule has 0 heterocycles. The highest BCUT2D eigenvalue weighted by Crippen LogP contribution is 2.81. The first-order valence-electron chi connectivity index (χ1n) is 6.99. The Morgan fingerprint density at radius 3 is 2.88 bits per heavy atom. The first-order chi connectivity index (χ1) is 8.20. The molecule has 5 aliphatic rings. The van der Waals surface area contributed by atoms with E-state index in [2.05, 4.69) is 34.1 Å². The zero-order valence-electron chi connectivity index (χ0n) is 10.0.